The van der Waals surface area contributed by atoms with Crippen LogP contribution in [0.3, 0.4) is 0 Å². The number of hydrogen-bond donors (Lipinski definition) is 1. The first-order chi connectivity index (χ1) is 18.0. The van der Waals surface area contributed by atoms with Crippen LogP contribution in [-0.4, -0.2) is 64.7 Å². The molecular formula is C28H41N3O6S. The second kappa shape index (κ2) is 14.6. The Kier molecular flexibility index (Phi) is 11.9. The number of benzene rings is 2. The Balaban J connectivity index is 2.22. The highest BCUT2D eigenvalue weighted by Crippen LogP contribution is 2.23. The van der Waals surface area contributed by atoms with Crippen molar-refractivity contribution in [3.8, 4) is 11.5 Å². The van der Waals surface area contributed by atoms with E-state index in [0.29, 0.717) is 30.2 Å². The largest absolute Gasteiger partial charge is 0.497 e. The highest BCUT2D eigenvalue weighted by atomic mass is 32.2. The fourth-order valence-electron chi connectivity index (χ4n) is 4.06. The molecule has 0 bridgehead atoms. The van der Waals surface area contributed by atoms with Crippen molar-refractivity contribution in [3.05, 3.63) is 54.1 Å². The fraction of sp³-hybridized carbons (Fsp3) is 0.500. The Labute approximate surface area is 227 Å². The highest BCUT2D eigenvalue weighted by molar-refractivity contribution is 7.92. The number of sulfonamides is 1. The van der Waals surface area contributed by atoms with Crippen molar-refractivity contribution in [3.63, 3.8) is 0 Å². The first-order valence-electron chi connectivity index (χ1n) is 12.8. The van der Waals surface area contributed by atoms with Crippen molar-refractivity contribution in [1.82, 2.24) is 10.2 Å². The molecule has 0 heterocycles. The second-order valence-electron chi connectivity index (χ2n) is 9.57. The third-order valence-corrected chi connectivity index (χ3v) is 7.26. The molecule has 0 unspecified atom stereocenters. The fourth-order valence-corrected chi connectivity index (χ4v) is 5.03. The Morgan fingerprint density at radius 3 is 2.21 bits per heavy atom. The molecule has 0 spiro atoms. The first-order valence-corrected chi connectivity index (χ1v) is 14.7. The lowest BCUT2D eigenvalue weighted by atomic mass is 10.1. The van der Waals surface area contributed by atoms with E-state index >= 15 is 0 Å². The van der Waals surface area contributed by atoms with E-state index in [1.54, 1.807) is 43.4 Å². The number of nitrogens with zero attached hydrogens (tertiary/aromatic N) is 2. The van der Waals surface area contributed by atoms with Crippen molar-refractivity contribution in [2.45, 2.75) is 52.6 Å². The van der Waals surface area contributed by atoms with Gasteiger partial charge >= 0.3 is 0 Å². The van der Waals surface area contributed by atoms with Gasteiger partial charge in [-0.15, -0.1) is 0 Å². The van der Waals surface area contributed by atoms with Crippen LogP contribution >= 0.6 is 0 Å². The molecule has 0 fully saturated rings. The summed E-state index contributed by atoms with van der Waals surface area (Å²) in [6, 6.07) is 13.5. The van der Waals surface area contributed by atoms with Gasteiger partial charge in [0.1, 0.15) is 17.5 Å². The normalized spacial score (nSPS) is 12.1. The van der Waals surface area contributed by atoms with Crippen LogP contribution in [0.1, 0.15) is 45.6 Å². The predicted molar refractivity (Wildman–Crippen MR) is 150 cm³/mol. The maximum atomic E-state index is 13.5. The molecule has 0 aliphatic rings. The minimum atomic E-state index is -3.57. The summed E-state index contributed by atoms with van der Waals surface area (Å²) in [6.45, 7) is 6.77. The summed E-state index contributed by atoms with van der Waals surface area (Å²) in [5, 5.41) is 2.95. The van der Waals surface area contributed by atoms with E-state index < -0.39 is 16.1 Å². The maximum Gasteiger partial charge on any atom is 0.242 e. The monoisotopic (exact) mass is 547 g/mol. The summed E-state index contributed by atoms with van der Waals surface area (Å²) in [7, 11) is -0.456. The van der Waals surface area contributed by atoms with Crippen LogP contribution in [0, 0.1) is 5.92 Å². The molecule has 2 amide bonds. The molecule has 210 valence electrons. The van der Waals surface area contributed by atoms with Gasteiger partial charge in [-0.05, 0) is 60.7 Å². The standard InChI is InChI=1S/C28H41N3O6S/c1-7-26(28(33)29-19-21(2)3)30(20-22-10-8-11-25(18-22)37-5)27(32)12-9-17-31(38(6,34)35)23-13-15-24(36-4)16-14-23/h8,10-11,13-16,18,21,26H,7,9,12,17,19-20H2,1-6H3,(H,29,33)/t26-/m0/s1. The smallest absolute Gasteiger partial charge is 0.242 e. The van der Waals surface area contributed by atoms with Gasteiger partial charge in [-0.25, -0.2) is 8.42 Å². The summed E-state index contributed by atoms with van der Waals surface area (Å²) < 4.78 is 36.8. The molecule has 38 heavy (non-hydrogen) atoms. The lowest BCUT2D eigenvalue weighted by molar-refractivity contribution is -0.141. The maximum absolute atomic E-state index is 13.5. The van der Waals surface area contributed by atoms with Crippen molar-refractivity contribution >= 4 is 27.5 Å². The van der Waals surface area contributed by atoms with Crippen LogP contribution < -0.4 is 19.1 Å². The summed E-state index contributed by atoms with van der Waals surface area (Å²) in [4.78, 5) is 28.2. The number of carbonyl (C=O) groups excluding carboxylic acids is 2. The third kappa shape index (κ3) is 9.24. The zero-order chi connectivity index (χ0) is 28.3. The summed E-state index contributed by atoms with van der Waals surface area (Å²) in [5.74, 6) is 1.14. The van der Waals surface area contributed by atoms with E-state index in [1.807, 2.05) is 45.0 Å². The molecule has 2 rings (SSSR count). The summed E-state index contributed by atoms with van der Waals surface area (Å²) in [5.41, 5.74) is 1.33. The van der Waals surface area contributed by atoms with Gasteiger partial charge in [0.05, 0.1) is 26.2 Å². The predicted octanol–water partition coefficient (Wildman–Crippen LogP) is 3.83. The molecule has 0 aliphatic carbocycles. The highest BCUT2D eigenvalue weighted by Gasteiger charge is 2.29. The number of nitrogens with one attached hydrogen (secondary N) is 1. The zero-order valence-corrected chi connectivity index (χ0v) is 24.1. The lowest BCUT2D eigenvalue weighted by Crippen LogP contribution is -2.49. The molecule has 10 heteroatoms. The topological polar surface area (TPSA) is 105 Å². The van der Waals surface area contributed by atoms with Gasteiger partial charge in [-0.2, -0.15) is 0 Å². The molecule has 0 saturated carbocycles. The van der Waals surface area contributed by atoms with Crippen molar-refractivity contribution in [2.24, 2.45) is 5.92 Å². The number of anilines is 1. The molecule has 1 atom stereocenters. The summed E-state index contributed by atoms with van der Waals surface area (Å²) >= 11 is 0. The van der Waals surface area contributed by atoms with E-state index in [9.17, 15) is 18.0 Å². The van der Waals surface area contributed by atoms with E-state index in [2.05, 4.69) is 5.32 Å². The van der Waals surface area contributed by atoms with Crippen molar-refractivity contribution in [2.75, 3.05) is 37.9 Å². The van der Waals surface area contributed by atoms with Gasteiger partial charge in [-0.3, -0.25) is 13.9 Å². The first kappa shape index (κ1) is 31.0. The van der Waals surface area contributed by atoms with Crippen molar-refractivity contribution in [1.29, 1.82) is 0 Å². The molecular weight excluding hydrogens is 506 g/mol. The molecule has 2 aromatic carbocycles. The number of amides is 2. The van der Waals surface area contributed by atoms with Gasteiger partial charge in [0.15, 0.2) is 0 Å². The Hall–Kier alpha value is -3.27. The van der Waals surface area contributed by atoms with Crippen LogP contribution in [0.2, 0.25) is 0 Å². The average Bonchev–Trinajstić information content (AvgIpc) is 2.89. The van der Waals surface area contributed by atoms with E-state index in [0.717, 1.165) is 11.8 Å². The number of rotatable bonds is 15. The van der Waals surface area contributed by atoms with Gasteiger partial charge in [0, 0.05) is 26.1 Å². The van der Waals surface area contributed by atoms with Crippen LogP contribution in [0.25, 0.3) is 0 Å². The zero-order valence-electron chi connectivity index (χ0n) is 23.3. The Morgan fingerprint density at radius 2 is 1.66 bits per heavy atom. The molecule has 9 nitrogen and oxygen atoms in total. The van der Waals surface area contributed by atoms with E-state index in [-0.39, 0.29) is 43.7 Å². The lowest BCUT2D eigenvalue weighted by Gasteiger charge is -2.31. The third-order valence-electron chi connectivity index (χ3n) is 6.07. The number of carbonyl (C=O) groups is 2. The molecule has 0 aliphatic heterocycles. The molecule has 2 aromatic rings. The molecule has 0 radical (unpaired) electrons. The number of methoxy groups -OCH3 is 2. The van der Waals surface area contributed by atoms with Gasteiger partial charge < -0.3 is 19.7 Å². The SMILES string of the molecule is CC[C@@H](C(=O)NCC(C)C)N(Cc1cccc(OC)c1)C(=O)CCCN(c1ccc(OC)cc1)S(C)(=O)=O. The van der Waals surface area contributed by atoms with Crippen LogP contribution in [0.15, 0.2) is 48.5 Å². The molecule has 0 aromatic heterocycles. The van der Waals surface area contributed by atoms with Gasteiger partial charge in [0.25, 0.3) is 0 Å². The Morgan fingerprint density at radius 1 is 1.00 bits per heavy atom. The van der Waals surface area contributed by atoms with E-state index in [4.69, 9.17) is 9.47 Å². The average molecular weight is 548 g/mol. The van der Waals surface area contributed by atoms with Crippen molar-refractivity contribution < 1.29 is 27.5 Å². The van der Waals surface area contributed by atoms with Crippen LogP contribution in [0.4, 0.5) is 5.69 Å². The van der Waals surface area contributed by atoms with Gasteiger partial charge in [0.2, 0.25) is 21.8 Å². The minimum Gasteiger partial charge on any atom is -0.497 e. The van der Waals surface area contributed by atoms with Crippen LogP contribution in [-0.2, 0) is 26.2 Å². The second-order valence-corrected chi connectivity index (χ2v) is 11.5. The number of hydrogen-bond acceptors (Lipinski definition) is 6. The Bertz CT molecular complexity index is 1150. The van der Waals surface area contributed by atoms with E-state index in [1.165, 1.54) is 4.31 Å². The van der Waals surface area contributed by atoms with Gasteiger partial charge in [-0.1, -0.05) is 32.9 Å². The molecule has 0 saturated heterocycles. The number of ether oxygens (including phenoxy) is 2. The summed E-state index contributed by atoms with van der Waals surface area (Å²) in [6.07, 6.45) is 1.96. The molecule has 1 N–H and O–H groups in total. The minimum absolute atomic E-state index is 0.0834. The van der Waals surface area contributed by atoms with Crippen LogP contribution in [0.5, 0.6) is 11.5 Å². The quantitative estimate of drug-likeness (QED) is 0.363.